The molecule has 9 nitrogen and oxygen atoms in total. The summed E-state index contributed by atoms with van der Waals surface area (Å²) in [4.78, 5) is 40.8. The van der Waals surface area contributed by atoms with Gasteiger partial charge in [-0.3, -0.25) is 19.3 Å². The van der Waals surface area contributed by atoms with E-state index in [1.165, 1.54) is 34.6 Å². The number of halogens is 1. The highest BCUT2D eigenvalue weighted by molar-refractivity contribution is 7.97. The first-order valence-corrected chi connectivity index (χ1v) is 14.4. The SMILES string of the molecule is CCNC(=O)c1ccc(-n2nnc(C(=O)N(Cc3cccc(F)c3)C(=O)C(N)Cc3ccccc3)c2CSC)cc1. The predicted octanol–water partition coefficient (Wildman–Crippen LogP) is 3.76. The van der Waals surface area contributed by atoms with Gasteiger partial charge in [0.25, 0.3) is 11.8 Å². The summed E-state index contributed by atoms with van der Waals surface area (Å²) in [5.41, 5.74) is 9.12. The number of imide groups is 1. The average Bonchev–Trinajstić information content (AvgIpc) is 3.39. The van der Waals surface area contributed by atoms with Gasteiger partial charge >= 0.3 is 0 Å². The second-order valence-electron chi connectivity index (χ2n) is 9.29. The molecule has 4 aromatic rings. The predicted molar refractivity (Wildman–Crippen MR) is 156 cm³/mol. The van der Waals surface area contributed by atoms with Crippen LogP contribution in [0.1, 0.15) is 44.6 Å². The van der Waals surface area contributed by atoms with E-state index in [0.717, 1.165) is 10.5 Å². The van der Waals surface area contributed by atoms with Crippen LogP contribution in [0, 0.1) is 5.82 Å². The van der Waals surface area contributed by atoms with Crippen LogP contribution in [0.25, 0.3) is 5.69 Å². The van der Waals surface area contributed by atoms with Gasteiger partial charge in [0.2, 0.25) is 5.91 Å². The van der Waals surface area contributed by atoms with E-state index >= 15 is 0 Å². The standard InChI is InChI=1S/C30H31FN6O3S/c1-3-33-28(38)22-12-14-24(15-13-22)37-26(19-41-2)27(34-35-37)30(40)36(18-21-10-7-11-23(31)16-21)29(39)25(32)17-20-8-5-4-6-9-20/h4-16,25H,3,17-19,32H2,1-2H3,(H,33,38). The molecule has 1 unspecified atom stereocenters. The van der Waals surface area contributed by atoms with Crippen molar-refractivity contribution in [1.29, 1.82) is 0 Å². The number of hydrogen-bond acceptors (Lipinski definition) is 7. The summed E-state index contributed by atoms with van der Waals surface area (Å²) in [6, 6.07) is 20.7. The van der Waals surface area contributed by atoms with Gasteiger partial charge in [0.05, 0.1) is 24.0 Å². The molecule has 0 aliphatic rings. The molecule has 0 fully saturated rings. The first-order valence-electron chi connectivity index (χ1n) is 13.0. The molecule has 3 N–H and O–H groups in total. The minimum atomic E-state index is -1.02. The number of nitrogens with two attached hydrogens (primary N) is 1. The Morgan fingerprint density at radius 3 is 2.39 bits per heavy atom. The zero-order chi connectivity index (χ0) is 29.4. The van der Waals surface area contributed by atoms with E-state index in [9.17, 15) is 18.8 Å². The lowest BCUT2D eigenvalue weighted by Gasteiger charge is -2.24. The molecule has 1 atom stereocenters. The van der Waals surface area contributed by atoms with Crippen molar-refractivity contribution in [2.24, 2.45) is 5.73 Å². The van der Waals surface area contributed by atoms with Gasteiger partial charge in [0.15, 0.2) is 5.69 Å². The summed E-state index contributed by atoms with van der Waals surface area (Å²) < 4.78 is 15.5. The molecule has 0 saturated carbocycles. The van der Waals surface area contributed by atoms with Crippen molar-refractivity contribution in [3.63, 3.8) is 0 Å². The quantitative estimate of drug-likeness (QED) is 0.280. The van der Waals surface area contributed by atoms with E-state index in [0.29, 0.717) is 34.8 Å². The smallest absolute Gasteiger partial charge is 0.283 e. The van der Waals surface area contributed by atoms with E-state index in [1.807, 2.05) is 43.5 Å². The number of carbonyl (C=O) groups excluding carboxylic acids is 3. The molecule has 3 amide bonds. The van der Waals surface area contributed by atoms with Crippen LogP contribution in [0.15, 0.2) is 78.9 Å². The van der Waals surface area contributed by atoms with Crippen molar-refractivity contribution < 1.29 is 18.8 Å². The molecule has 0 aliphatic carbocycles. The third kappa shape index (κ3) is 7.24. The molecule has 41 heavy (non-hydrogen) atoms. The molecular formula is C30H31FN6O3S. The topological polar surface area (TPSA) is 123 Å². The molecule has 0 spiro atoms. The third-order valence-electron chi connectivity index (χ3n) is 6.31. The lowest BCUT2D eigenvalue weighted by atomic mass is 10.0. The zero-order valence-corrected chi connectivity index (χ0v) is 23.6. The van der Waals surface area contributed by atoms with Gasteiger partial charge in [-0.15, -0.1) is 5.10 Å². The zero-order valence-electron chi connectivity index (χ0n) is 22.8. The number of thioether (sulfide) groups is 1. The van der Waals surface area contributed by atoms with E-state index in [2.05, 4.69) is 15.6 Å². The lowest BCUT2D eigenvalue weighted by molar-refractivity contribution is -0.130. The maximum absolute atomic E-state index is 14.0. The van der Waals surface area contributed by atoms with Crippen molar-refractivity contribution in [2.75, 3.05) is 12.8 Å². The molecule has 4 rings (SSSR count). The Kier molecular flexibility index (Phi) is 9.99. The summed E-state index contributed by atoms with van der Waals surface area (Å²) in [7, 11) is 0. The van der Waals surface area contributed by atoms with Crippen LogP contribution in [0.5, 0.6) is 0 Å². The number of hydrogen-bond donors (Lipinski definition) is 2. The van der Waals surface area contributed by atoms with Crippen molar-refractivity contribution in [3.05, 3.63) is 113 Å². The number of nitrogens with one attached hydrogen (secondary N) is 1. The molecule has 212 valence electrons. The highest BCUT2D eigenvalue weighted by Crippen LogP contribution is 2.21. The van der Waals surface area contributed by atoms with Gasteiger partial charge < -0.3 is 11.1 Å². The molecule has 0 radical (unpaired) electrons. The first kappa shape index (κ1) is 29.6. The van der Waals surface area contributed by atoms with Gasteiger partial charge in [0.1, 0.15) is 5.82 Å². The molecule has 1 heterocycles. The summed E-state index contributed by atoms with van der Waals surface area (Å²) in [6.07, 6.45) is 2.09. The molecular weight excluding hydrogens is 543 g/mol. The largest absolute Gasteiger partial charge is 0.352 e. The maximum atomic E-state index is 14.0. The Morgan fingerprint density at radius 1 is 1.02 bits per heavy atom. The first-order chi connectivity index (χ1) is 19.8. The summed E-state index contributed by atoms with van der Waals surface area (Å²) in [5, 5.41) is 11.1. The Labute approximate surface area is 241 Å². The number of aromatic nitrogens is 3. The van der Waals surface area contributed by atoms with Gasteiger partial charge in [-0.05, 0) is 67.1 Å². The number of benzene rings is 3. The molecule has 0 saturated heterocycles. The molecule has 11 heteroatoms. The molecule has 0 aliphatic heterocycles. The van der Waals surface area contributed by atoms with Gasteiger partial charge in [0, 0.05) is 17.9 Å². The molecule has 1 aromatic heterocycles. The maximum Gasteiger partial charge on any atom is 0.283 e. The van der Waals surface area contributed by atoms with Crippen molar-refractivity contribution in [1.82, 2.24) is 25.2 Å². The fourth-order valence-corrected chi connectivity index (χ4v) is 4.84. The third-order valence-corrected chi connectivity index (χ3v) is 6.88. The second kappa shape index (κ2) is 13.8. The van der Waals surface area contributed by atoms with Crippen LogP contribution in [0.2, 0.25) is 0 Å². The fraction of sp³-hybridized carbons (Fsp3) is 0.233. The Bertz CT molecular complexity index is 1510. The number of carbonyl (C=O) groups is 3. The summed E-state index contributed by atoms with van der Waals surface area (Å²) in [5.74, 6) is -1.61. The van der Waals surface area contributed by atoms with Crippen LogP contribution in [-0.4, -0.2) is 56.5 Å². The average molecular weight is 575 g/mol. The molecule has 3 aromatic carbocycles. The van der Waals surface area contributed by atoms with Crippen LogP contribution in [0.4, 0.5) is 4.39 Å². The Hall–Kier alpha value is -4.35. The van der Waals surface area contributed by atoms with Gasteiger partial charge in [-0.2, -0.15) is 11.8 Å². The second-order valence-corrected chi connectivity index (χ2v) is 10.2. The van der Waals surface area contributed by atoms with Gasteiger partial charge in [-0.25, -0.2) is 9.07 Å². The summed E-state index contributed by atoms with van der Waals surface area (Å²) in [6.45, 7) is 2.16. The minimum absolute atomic E-state index is 0.0104. The van der Waals surface area contributed by atoms with Crippen LogP contribution >= 0.6 is 11.8 Å². The summed E-state index contributed by atoms with van der Waals surface area (Å²) >= 11 is 1.45. The van der Waals surface area contributed by atoms with Gasteiger partial charge in [-0.1, -0.05) is 47.7 Å². The van der Waals surface area contributed by atoms with Crippen molar-refractivity contribution >= 4 is 29.5 Å². The number of amides is 3. The van der Waals surface area contributed by atoms with Crippen LogP contribution in [0.3, 0.4) is 0 Å². The highest BCUT2D eigenvalue weighted by atomic mass is 32.2. The van der Waals surface area contributed by atoms with Crippen molar-refractivity contribution in [2.45, 2.75) is 31.7 Å². The minimum Gasteiger partial charge on any atom is -0.352 e. The van der Waals surface area contributed by atoms with E-state index in [-0.39, 0.29) is 24.6 Å². The lowest BCUT2D eigenvalue weighted by Crippen LogP contribution is -2.47. The fourth-order valence-electron chi connectivity index (χ4n) is 4.31. The van der Waals surface area contributed by atoms with Crippen LogP contribution < -0.4 is 11.1 Å². The van der Waals surface area contributed by atoms with E-state index in [1.54, 1.807) is 30.3 Å². The normalized spacial score (nSPS) is 11.6. The number of nitrogens with zero attached hydrogens (tertiary/aromatic N) is 4. The van der Waals surface area contributed by atoms with E-state index < -0.39 is 23.7 Å². The van der Waals surface area contributed by atoms with Crippen molar-refractivity contribution in [3.8, 4) is 5.69 Å². The Balaban J connectivity index is 1.68. The monoisotopic (exact) mass is 574 g/mol. The Morgan fingerprint density at radius 2 is 1.73 bits per heavy atom. The number of rotatable bonds is 11. The van der Waals surface area contributed by atoms with E-state index in [4.69, 9.17) is 5.73 Å². The highest BCUT2D eigenvalue weighted by Gasteiger charge is 2.32. The van der Waals surface area contributed by atoms with Crippen LogP contribution in [-0.2, 0) is 23.5 Å². The molecule has 0 bridgehead atoms.